The molecule has 3 N–H and O–H groups in total. The van der Waals surface area contributed by atoms with Crippen molar-refractivity contribution in [2.24, 2.45) is 0 Å². The number of aromatic nitrogens is 1. The molecule has 5 nitrogen and oxygen atoms in total. The fourth-order valence-electron chi connectivity index (χ4n) is 1.81. The summed E-state index contributed by atoms with van der Waals surface area (Å²) in [5.74, 6) is 1.02. The molecule has 8 heteroatoms. The van der Waals surface area contributed by atoms with Gasteiger partial charge in [0.1, 0.15) is 21.5 Å². The van der Waals surface area contributed by atoms with E-state index in [9.17, 15) is 8.42 Å². The summed E-state index contributed by atoms with van der Waals surface area (Å²) in [6.45, 7) is 0. The Morgan fingerprint density at radius 2 is 1.89 bits per heavy atom. The first-order valence-electron chi connectivity index (χ1n) is 5.46. The van der Waals surface area contributed by atoms with Crippen molar-refractivity contribution in [2.75, 3.05) is 22.6 Å². The lowest BCUT2D eigenvalue weighted by Crippen LogP contribution is -2.32. The summed E-state index contributed by atoms with van der Waals surface area (Å²) in [6, 6.07) is 1.56. The van der Waals surface area contributed by atoms with E-state index in [0.717, 1.165) is 0 Å². The van der Waals surface area contributed by atoms with E-state index in [1.807, 2.05) is 0 Å². The quantitative estimate of drug-likeness (QED) is 0.872. The van der Waals surface area contributed by atoms with E-state index in [2.05, 4.69) is 10.3 Å². The molecule has 18 heavy (non-hydrogen) atoms. The smallest absolute Gasteiger partial charge is 0.150 e. The number of hydrogen-bond acceptors (Lipinski definition) is 5. The molecule has 0 unspecified atom stereocenters. The molecule has 1 fully saturated rings. The molecular weight excluding hydrogens is 297 g/mol. The molecule has 1 aromatic heterocycles. The van der Waals surface area contributed by atoms with Crippen LogP contribution in [0.5, 0.6) is 0 Å². The third kappa shape index (κ3) is 3.18. The van der Waals surface area contributed by atoms with Gasteiger partial charge in [0, 0.05) is 6.04 Å². The zero-order chi connectivity index (χ0) is 13.3. The molecule has 0 bridgehead atoms. The van der Waals surface area contributed by atoms with E-state index < -0.39 is 9.84 Å². The van der Waals surface area contributed by atoms with E-state index >= 15 is 0 Å². The Kier molecular flexibility index (Phi) is 3.89. The van der Waals surface area contributed by atoms with Crippen LogP contribution in [0.2, 0.25) is 10.0 Å². The van der Waals surface area contributed by atoms with Crippen molar-refractivity contribution in [2.45, 2.75) is 18.9 Å². The third-order valence-electron chi connectivity index (χ3n) is 2.85. The molecule has 1 aliphatic rings. The van der Waals surface area contributed by atoms with Gasteiger partial charge in [0.2, 0.25) is 0 Å². The Morgan fingerprint density at radius 1 is 1.28 bits per heavy atom. The summed E-state index contributed by atoms with van der Waals surface area (Å²) in [4.78, 5) is 4.06. The lowest BCUT2D eigenvalue weighted by Gasteiger charge is -2.24. The van der Waals surface area contributed by atoms with Crippen molar-refractivity contribution in [3.8, 4) is 0 Å². The molecule has 2 rings (SSSR count). The number of nitrogens with two attached hydrogens (primary N) is 1. The number of hydrogen-bond donors (Lipinski definition) is 2. The first kappa shape index (κ1) is 13.7. The Labute approximate surface area is 116 Å². The van der Waals surface area contributed by atoms with Gasteiger partial charge >= 0.3 is 0 Å². The van der Waals surface area contributed by atoms with Crippen LogP contribution in [0, 0.1) is 0 Å². The average molecular weight is 310 g/mol. The molecule has 0 amide bonds. The first-order chi connectivity index (χ1) is 8.37. The molecule has 0 aliphatic carbocycles. The Bertz CT molecular complexity index is 548. The molecule has 1 aromatic rings. The van der Waals surface area contributed by atoms with E-state index in [1.54, 1.807) is 0 Å². The standard InChI is InChI=1S/C10H13Cl2N3O2S/c11-7-5-8(12)10(15-9(7)13)14-6-1-3-18(16,17)4-2-6/h5-6H,1-4H2,(H3,13,14,15). The van der Waals surface area contributed by atoms with Crippen LogP contribution in [-0.2, 0) is 9.84 Å². The Balaban J connectivity index is 2.09. The van der Waals surface area contributed by atoms with Crippen LogP contribution in [0.1, 0.15) is 12.8 Å². The van der Waals surface area contributed by atoms with Crippen LogP contribution in [0.3, 0.4) is 0 Å². The minimum absolute atomic E-state index is 0.0408. The summed E-state index contributed by atoms with van der Waals surface area (Å²) in [5.41, 5.74) is 5.60. The van der Waals surface area contributed by atoms with Crippen molar-refractivity contribution >= 4 is 44.7 Å². The van der Waals surface area contributed by atoms with E-state index in [0.29, 0.717) is 28.7 Å². The van der Waals surface area contributed by atoms with Gasteiger partial charge in [-0.1, -0.05) is 23.2 Å². The second-order valence-corrected chi connectivity index (χ2v) is 7.37. The van der Waals surface area contributed by atoms with Gasteiger partial charge in [-0.25, -0.2) is 13.4 Å². The molecule has 0 atom stereocenters. The Morgan fingerprint density at radius 3 is 2.50 bits per heavy atom. The van der Waals surface area contributed by atoms with E-state index in [-0.39, 0.29) is 23.4 Å². The normalized spacial score (nSPS) is 19.7. The minimum Gasteiger partial charge on any atom is -0.382 e. The molecule has 1 aliphatic heterocycles. The van der Waals surface area contributed by atoms with Crippen LogP contribution in [0.4, 0.5) is 11.6 Å². The minimum atomic E-state index is -2.87. The van der Waals surface area contributed by atoms with Gasteiger partial charge in [-0.05, 0) is 18.9 Å². The molecule has 0 spiro atoms. The average Bonchev–Trinajstić information content (AvgIpc) is 2.28. The number of sulfone groups is 1. The summed E-state index contributed by atoms with van der Waals surface area (Å²) in [5, 5.41) is 3.79. The number of nitrogens with zero attached hydrogens (tertiary/aromatic N) is 1. The number of anilines is 2. The highest BCUT2D eigenvalue weighted by atomic mass is 35.5. The number of halogens is 2. The monoisotopic (exact) mass is 309 g/mol. The van der Waals surface area contributed by atoms with Gasteiger partial charge in [-0.2, -0.15) is 0 Å². The van der Waals surface area contributed by atoms with Gasteiger partial charge in [0.25, 0.3) is 0 Å². The van der Waals surface area contributed by atoms with Crippen molar-refractivity contribution in [1.29, 1.82) is 0 Å². The molecule has 0 aromatic carbocycles. The number of rotatable bonds is 2. The maximum atomic E-state index is 11.3. The van der Waals surface area contributed by atoms with Crippen molar-refractivity contribution < 1.29 is 8.42 Å². The summed E-state index contributed by atoms with van der Waals surface area (Å²) >= 11 is 11.8. The third-order valence-corrected chi connectivity index (χ3v) is 5.16. The van der Waals surface area contributed by atoms with Gasteiger partial charge < -0.3 is 11.1 Å². The van der Waals surface area contributed by atoms with E-state index in [1.165, 1.54) is 6.07 Å². The lowest BCUT2D eigenvalue weighted by atomic mass is 10.1. The van der Waals surface area contributed by atoms with Gasteiger partial charge in [0.05, 0.1) is 21.6 Å². The van der Waals surface area contributed by atoms with Crippen LogP contribution in [0.25, 0.3) is 0 Å². The highest BCUT2D eigenvalue weighted by molar-refractivity contribution is 7.91. The summed E-state index contributed by atoms with van der Waals surface area (Å²) in [6.07, 6.45) is 1.09. The highest BCUT2D eigenvalue weighted by Crippen LogP contribution is 2.29. The zero-order valence-corrected chi connectivity index (χ0v) is 11.8. The number of pyridine rings is 1. The molecule has 0 saturated carbocycles. The predicted octanol–water partition coefficient (Wildman–Crippen LogP) is 1.96. The summed E-state index contributed by atoms with van der Waals surface area (Å²) in [7, 11) is -2.87. The molecule has 100 valence electrons. The maximum Gasteiger partial charge on any atom is 0.150 e. The lowest BCUT2D eigenvalue weighted by molar-refractivity contribution is 0.559. The van der Waals surface area contributed by atoms with Crippen LogP contribution in [-0.4, -0.2) is 30.9 Å². The maximum absolute atomic E-state index is 11.3. The topological polar surface area (TPSA) is 85.1 Å². The SMILES string of the molecule is Nc1nc(NC2CCS(=O)(=O)CC2)c(Cl)cc1Cl. The number of nitrogens with one attached hydrogen (secondary N) is 1. The second kappa shape index (κ2) is 5.11. The first-order valence-corrected chi connectivity index (χ1v) is 8.03. The number of nitrogen functional groups attached to an aromatic ring is 1. The van der Waals surface area contributed by atoms with Crippen molar-refractivity contribution in [1.82, 2.24) is 4.98 Å². The molecule has 2 heterocycles. The van der Waals surface area contributed by atoms with Gasteiger partial charge in [-0.15, -0.1) is 0 Å². The summed E-state index contributed by atoms with van der Waals surface area (Å²) < 4.78 is 22.6. The fourth-order valence-corrected chi connectivity index (χ4v) is 3.71. The van der Waals surface area contributed by atoms with Crippen molar-refractivity contribution in [3.63, 3.8) is 0 Å². The highest BCUT2D eigenvalue weighted by Gasteiger charge is 2.24. The molecule has 1 saturated heterocycles. The Hall–Kier alpha value is -0.720. The zero-order valence-electron chi connectivity index (χ0n) is 9.49. The predicted molar refractivity (Wildman–Crippen MR) is 74.0 cm³/mol. The largest absolute Gasteiger partial charge is 0.382 e. The van der Waals surface area contributed by atoms with E-state index in [4.69, 9.17) is 28.9 Å². The molecule has 0 radical (unpaired) electrons. The van der Waals surface area contributed by atoms with Crippen LogP contribution < -0.4 is 11.1 Å². The van der Waals surface area contributed by atoms with Gasteiger partial charge in [0.15, 0.2) is 0 Å². The van der Waals surface area contributed by atoms with Gasteiger partial charge in [-0.3, -0.25) is 0 Å². The molecular formula is C10H13Cl2N3O2S. The van der Waals surface area contributed by atoms with Crippen molar-refractivity contribution in [3.05, 3.63) is 16.1 Å². The second-order valence-electron chi connectivity index (χ2n) is 4.26. The van der Waals surface area contributed by atoms with Crippen LogP contribution >= 0.6 is 23.2 Å². The van der Waals surface area contributed by atoms with Crippen LogP contribution in [0.15, 0.2) is 6.07 Å². The fraction of sp³-hybridized carbons (Fsp3) is 0.500.